The van der Waals surface area contributed by atoms with E-state index >= 15 is 0 Å². The van der Waals surface area contributed by atoms with E-state index in [2.05, 4.69) is 0 Å². The van der Waals surface area contributed by atoms with E-state index in [1.807, 2.05) is 20.8 Å². The molecule has 0 rings (SSSR count). The Morgan fingerprint density at radius 2 is 1.64 bits per heavy atom. The molecule has 0 amide bonds. The van der Waals surface area contributed by atoms with Gasteiger partial charge in [0.05, 0.1) is 11.7 Å². The molecule has 0 fully saturated rings. The minimum Gasteiger partial charge on any atom is -0.393 e. The van der Waals surface area contributed by atoms with E-state index in [-0.39, 0.29) is 6.10 Å². The fraction of sp³-hybridized carbons (Fsp3) is 1.00. The highest BCUT2D eigenvalue weighted by Crippen LogP contribution is 2.22. The van der Waals surface area contributed by atoms with Crippen molar-refractivity contribution in [1.82, 2.24) is 0 Å². The van der Waals surface area contributed by atoms with Crippen molar-refractivity contribution in [3.8, 4) is 0 Å². The SMILES string of the molecule is CCC(O)(CC)CCCCCC(C)O. The molecule has 0 aliphatic carbocycles. The molecule has 0 aromatic carbocycles. The Hall–Kier alpha value is -0.0800. The molecule has 0 aromatic rings. The lowest BCUT2D eigenvalue weighted by atomic mass is 9.90. The average Bonchev–Trinajstić information content (AvgIpc) is 2.16. The molecular formula is C12H26O2. The van der Waals surface area contributed by atoms with E-state index < -0.39 is 5.60 Å². The van der Waals surface area contributed by atoms with E-state index in [0.717, 1.165) is 44.9 Å². The zero-order valence-electron chi connectivity index (χ0n) is 9.92. The van der Waals surface area contributed by atoms with E-state index in [9.17, 15) is 5.11 Å². The molecule has 0 heterocycles. The zero-order chi connectivity index (χ0) is 11.0. The lowest BCUT2D eigenvalue weighted by Gasteiger charge is -2.24. The second-order valence-electron chi connectivity index (χ2n) is 4.38. The van der Waals surface area contributed by atoms with E-state index in [1.165, 1.54) is 0 Å². The number of unbranched alkanes of at least 4 members (excludes halogenated alkanes) is 2. The van der Waals surface area contributed by atoms with Crippen LogP contribution in [0.15, 0.2) is 0 Å². The van der Waals surface area contributed by atoms with Crippen molar-refractivity contribution in [3.63, 3.8) is 0 Å². The van der Waals surface area contributed by atoms with Gasteiger partial charge in [-0.25, -0.2) is 0 Å². The molecule has 1 atom stereocenters. The highest BCUT2D eigenvalue weighted by molar-refractivity contribution is 4.74. The minimum atomic E-state index is -0.440. The maximum absolute atomic E-state index is 9.99. The van der Waals surface area contributed by atoms with Crippen molar-refractivity contribution in [2.24, 2.45) is 0 Å². The van der Waals surface area contributed by atoms with Crippen molar-refractivity contribution in [2.45, 2.75) is 77.4 Å². The van der Waals surface area contributed by atoms with Crippen molar-refractivity contribution in [3.05, 3.63) is 0 Å². The van der Waals surface area contributed by atoms with Crippen LogP contribution in [0.1, 0.15) is 65.7 Å². The predicted molar refractivity (Wildman–Crippen MR) is 60.3 cm³/mol. The summed E-state index contributed by atoms with van der Waals surface area (Å²) < 4.78 is 0. The lowest BCUT2D eigenvalue weighted by Crippen LogP contribution is -2.26. The fourth-order valence-electron chi connectivity index (χ4n) is 1.67. The molecule has 0 aromatic heterocycles. The first kappa shape index (κ1) is 13.9. The van der Waals surface area contributed by atoms with Crippen LogP contribution in [0.5, 0.6) is 0 Å². The summed E-state index contributed by atoms with van der Waals surface area (Å²) in [6.07, 6.45) is 6.57. The first-order valence-electron chi connectivity index (χ1n) is 5.94. The number of rotatable bonds is 8. The first-order valence-corrected chi connectivity index (χ1v) is 5.94. The van der Waals surface area contributed by atoms with Gasteiger partial charge in [0.15, 0.2) is 0 Å². The van der Waals surface area contributed by atoms with Gasteiger partial charge in [0.2, 0.25) is 0 Å². The maximum Gasteiger partial charge on any atom is 0.0642 e. The van der Waals surface area contributed by atoms with Gasteiger partial charge in [-0.3, -0.25) is 0 Å². The summed E-state index contributed by atoms with van der Waals surface area (Å²) in [5.74, 6) is 0. The third-order valence-corrected chi connectivity index (χ3v) is 3.08. The normalized spacial score (nSPS) is 14.4. The van der Waals surface area contributed by atoms with Gasteiger partial charge < -0.3 is 10.2 Å². The Bertz CT molecular complexity index is 128. The Labute approximate surface area is 88.3 Å². The van der Waals surface area contributed by atoms with Gasteiger partial charge in [-0.15, -0.1) is 0 Å². The molecule has 1 unspecified atom stereocenters. The van der Waals surface area contributed by atoms with E-state index in [0.29, 0.717) is 0 Å². The monoisotopic (exact) mass is 202 g/mol. The molecule has 2 heteroatoms. The maximum atomic E-state index is 9.99. The number of hydrogen-bond donors (Lipinski definition) is 2. The standard InChI is InChI=1S/C12H26O2/c1-4-12(14,5-2)10-8-6-7-9-11(3)13/h11,13-14H,4-10H2,1-3H3. The first-order chi connectivity index (χ1) is 6.54. The van der Waals surface area contributed by atoms with Gasteiger partial charge in [-0.05, 0) is 32.6 Å². The summed E-state index contributed by atoms with van der Waals surface area (Å²) in [6, 6.07) is 0. The molecule has 0 saturated carbocycles. The largest absolute Gasteiger partial charge is 0.393 e. The number of hydrogen-bond acceptors (Lipinski definition) is 2. The summed E-state index contributed by atoms with van der Waals surface area (Å²) in [5, 5.41) is 19.0. The van der Waals surface area contributed by atoms with Crippen LogP contribution in [0.2, 0.25) is 0 Å². The third kappa shape index (κ3) is 6.39. The van der Waals surface area contributed by atoms with Gasteiger partial charge >= 0.3 is 0 Å². The van der Waals surface area contributed by atoms with Gasteiger partial charge in [0, 0.05) is 0 Å². The Balaban J connectivity index is 3.43. The highest BCUT2D eigenvalue weighted by Gasteiger charge is 2.20. The second-order valence-corrected chi connectivity index (χ2v) is 4.38. The molecule has 0 radical (unpaired) electrons. The van der Waals surface area contributed by atoms with Crippen molar-refractivity contribution >= 4 is 0 Å². The van der Waals surface area contributed by atoms with Crippen LogP contribution in [-0.4, -0.2) is 21.9 Å². The van der Waals surface area contributed by atoms with Gasteiger partial charge in [-0.1, -0.05) is 33.1 Å². The van der Waals surface area contributed by atoms with Crippen LogP contribution in [0.25, 0.3) is 0 Å². The second kappa shape index (κ2) is 7.24. The molecule has 2 N–H and O–H groups in total. The summed E-state index contributed by atoms with van der Waals surface area (Å²) in [6.45, 7) is 5.91. The van der Waals surface area contributed by atoms with Crippen LogP contribution in [0.4, 0.5) is 0 Å². The summed E-state index contributed by atoms with van der Waals surface area (Å²) in [4.78, 5) is 0. The summed E-state index contributed by atoms with van der Waals surface area (Å²) in [5.41, 5.74) is -0.440. The topological polar surface area (TPSA) is 40.5 Å². The van der Waals surface area contributed by atoms with Crippen LogP contribution in [-0.2, 0) is 0 Å². The quantitative estimate of drug-likeness (QED) is 0.594. The summed E-state index contributed by atoms with van der Waals surface area (Å²) >= 11 is 0. The Morgan fingerprint density at radius 1 is 1.07 bits per heavy atom. The van der Waals surface area contributed by atoms with Gasteiger partial charge in [0.1, 0.15) is 0 Å². The van der Waals surface area contributed by atoms with Crippen LogP contribution >= 0.6 is 0 Å². The minimum absolute atomic E-state index is 0.175. The van der Waals surface area contributed by atoms with Crippen molar-refractivity contribution in [1.29, 1.82) is 0 Å². The van der Waals surface area contributed by atoms with Crippen LogP contribution < -0.4 is 0 Å². The summed E-state index contributed by atoms with van der Waals surface area (Å²) in [7, 11) is 0. The average molecular weight is 202 g/mol. The van der Waals surface area contributed by atoms with Crippen LogP contribution in [0, 0.1) is 0 Å². The molecule has 0 spiro atoms. The molecular weight excluding hydrogens is 176 g/mol. The molecule has 0 bridgehead atoms. The van der Waals surface area contributed by atoms with Gasteiger partial charge in [0.25, 0.3) is 0 Å². The molecule has 14 heavy (non-hydrogen) atoms. The van der Waals surface area contributed by atoms with Crippen molar-refractivity contribution in [2.75, 3.05) is 0 Å². The Morgan fingerprint density at radius 3 is 2.07 bits per heavy atom. The lowest BCUT2D eigenvalue weighted by molar-refractivity contribution is 0.0209. The molecule has 0 aliphatic rings. The zero-order valence-corrected chi connectivity index (χ0v) is 9.92. The predicted octanol–water partition coefficient (Wildman–Crippen LogP) is 2.87. The number of aliphatic hydroxyl groups is 2. The third-order valence-electron chi connectivity index (χ3n) is 3.08. The molecule has 0 saturated heterocycles. The fourth-order valence-corrected chi connectivity index (χ4v) is 1.67. The molecule has 86 valence electrons. The smallest absolute Gasteiger partial charge is 0.0642 e. The van der Waals surface area contributed by atoms with E-state index in [4.69, 9.17) is 5.11 Å². The van der Waals surface area contributed by atoms with Crippen molar-refractivity contribution < 1.29 is 10.2 Å². The number of aliphatic hydroxyl groups excluding tert-OH is 1. The van der Waals surface area contributed by atoms with Gasteiger partial charge in [-0.2, -0.15) is 0 Å². The van der Waals surface area contributed by atoms with E-state index in [1.54, 1.807) is 0 Å². The highest BCUT2D eigenvalue weighted by atomic mass is 16.3. The molecule has 0 aliphatic heterocycles. The van der Waals surface area contributed by atoms with Crippen LogP contribution in [0.3, 0.4) is 0 Å². The Kier molecular flexibility index (Phi) is 7.20. The molecule has 2 nitrogen and oxygen atoms in total.